The van der Waals surface area contributed by atoms with E-state index in [4.69, 9.17) is 11.6 Å². The zero-order valence-electron chi connectivity index (χ0n) is 9.21. The van der Waals surface area contributed by atoms with Crippen LogP contribution < -0.4 is 0 Å². The van der Waals surface area contributed by atoms with Crippen LogP contribution in [0.5, 0.6) is 0 Å². The smallest absolute Gasteiger partial charge is 0.0594 e. The molecule has 0 fully saturated rings. The van der Waals surface area contributed by atoms with E-state index < -0.39 is 0 Å². The van der Waals surface area contributed by atoms with Crippen LogP contribution in [0.4, 0.5) is 0 Å². The first-order valence-electron chi connectivity index (χ1n) is 5.37. The molecule has 0 radical (unpaired) electrons. The second kappa shape index (κ2) is 6.10. The van der Waals surface area contributed by atoms with Gasteiger partial charge in [0.2, 0.25) is 0 Å². The molecule has 1 unspecified atom stereocenters. The van der Waals surface area contributed by atoms with Crippen molar-refractivity contribution >= 4 is 23.4 Å². The Morgan fingerprint density at radius 3 is 2.24 bits per heavy atom. The zero-order valence-corrected chi connectivity index (χ0v) is 10.8. The third-order valence-electron chi connectivity index (χ3n) is 2.43. The highest BCUT2D eigenvalue weighted by atomic mass is 35.5. The first-order valence-corrected chi connectivity index (χ1v) is 6.63. The molecule has 0 amide bonds. The van der Waals surface area contributed by atoms with Crippen molar-refractivity contribution < 1.29 is 5.11 Å². The first-order chi connectivity index (χ1) is 8.29. The summed E-state index contributed by atoms with van der Waals surface area (Å²) in [5, 5.41) is 10.2. The topological polar surface area (TPSA) is 20.2 Å². The molecule has 0 saturated carbocycles. The van der Waals surface area contributed by atoms with Crippen LogP contribution in [-0.2, 0) is 0 Å². The van der Waals surface area contributed by atoms with Gasteiger partial charge in [-0.15, -0.1) is 11.8 Å². The molecule has 1 atom stereocenters. The molecule has 17 heavy (non-hydrogen) atoms. The number of thioether (sulfide) groups is 1. The predicted molar refractivity (Wildman–Crippen MR) is 73.6 cm³/mol. The number of aliphatic hydroxyl groups is 1. The van der Waals surface area contributed by atoms with Crippen molar-refractivity contribution in [2.24, 2.45) is 0 Å². The van der Waals surface area contributed by atoms with Crippen molar-refractivity contribution in [3.05, 3.63) is 65.2 Å². The van der Waals surface area contributed by atoms with E-state index in [1.54, 1.807) is 11.8 Å². The Morgan fingerprint density at radius 1 is 1.00 bits per heavy atom. The molecule has 0 heterocycles. The quantitative estimate of drug-likeness (QED) is 0.837. The number of halogens is 1. The lowest BCUT2D eigenvalue weighted by molar-refractivity contribution is 0.296. The number of aliphatic hydroxyl groups excluding tert-OH is 1. The van der Waals surface area contributed by atoms with Crippen molar-refractivity contribution in [2.45, 2.75) is 10.1 Å². The maximum absolute atomic E-state index is 9.45. The van der Waals surface area contributed by atoms with Gasteiger partial charge in [-0.05, 0) is 29.8 Å². The minimum atomic E-state index is 0.0670. The average molecular weight is 265 g/mol. The number of benzene rings is 2. The lowest BCUT2D eigenvalue weighted by atomic mass is 10.2. The van der Waals surface area contributed by atoms with Crippen molar-refractivity contribution in [2.75, 3.05) is 6.61 Å². The summed E-state index contributed by atoms with van der Waals surface area (Å²) < 4.78 is 0. The molecular formula is C14H13ClOS. The fourth-order valence-electron chi connectivity index (χ4n) is 1.56. The van der Waals surface area contributed by atoms with Gasteiger partial charge in [-0.3, -0.25) is 0 Å². The lowest BCUT2D eigenvalue weighted by Gasteiger charge is -2.14. The third-order valence-corrected chi connectivity index (χ3v) is 3.93. The van der Waals surface area contributed by atoms with Crippen molar-refractivity contribution in [1.82, 2.24) is 0 Å². The van der Waals surface area contributed by atoms with Crippen LogP contribution in [0.3, 0.4) is 0 Å². The molecule has 1 N–H and O–H groups in total. The van der Waals surface area contributed by atoms with Crippen LogP contribution in [0.15, 0.2) is 59.5 Å². The number of hydrogen-bond donors (Lipinski definition) is 1. The van der Waals surface area contributed by atoms with E-state index in [0.717, 1.165) is 15.5 Å². The van der Waals surface area contributed by atoms with Gasteiger partial charge in [0.25, 0.3) is 0 Å². The Labute approximate surface area is 110 Å². The van der Waals surface area contributed by atoms with Crippen LogP contribution in [0.25, 0.3) is 0 Å². The van der Waals surface area contributed by atoms with Gasteiger partial charge in [0.05, 0.1) is 11.9 Å². The Hall–Kier alpha value is -0.960. The van der Waals surface area contributed by atoms with E-state index in [2.05, 4.69) is 0 Å². The lowest BCUT2D eigenvalue weighted by Crippen LogP contribution is -1.99. The molecule has 1 nitrogen and oxygen atoms in total. The molecule has 2 aromatic rings. The van der Waals surface area contributed by atoms with Gasteiger partial charge in [0.15, 0.2) is 0 Å². The summed E-state index contributed by atoms with van der Waals surface area (Å²) in [7, 11) is 0. The number of hydrogen-bond acceptors (Lipinski definition) is 2. The molecule has 88 valence electrons. The van der Waals surface area contributed by atoms with Gasteiger partial charge in [-0.25, -0.2) is 0 Å². The molecule has 3 heteroatoms. The predicted octanol–water partition coefficient (Wildman–Crippen LogP) is 4.17. The van der Waals surface area contributed by atoms with Crippen LogP contribution in [0, 0.1) is 0 Å². The highest BCUT2D eigenvalue weighted by Crippen LogP contribution is 2.34. The summed E-state index contributed by atoms with van der Waals surface area (Å²) in [6, 6.07) is 17.7. The van der Waals surface area contributed by atoms with E-state index in [1.807, 2.05) is 54.6 Å². The summed E-state index contributed by atoms with van der Waals surface area (Å²) in [5.74, 6) is 0. The Morgan fingerprint density at radius 2 is 1.65 bits per heavy atom. The van der Waals surface area contributed by atoms with E-state index >= 15 is 0 Å². The SMILES string of the molecule is OCC(Sc1ccc(Cl)cc1)c1ccccc1. The van der Waals surface area contributed by atoms with Gasteiger partial charge in [-0.1, -0.05) is 41.9 Å². The van der Waals surface area contributed by atoms with E-state index in [1.165, 1.54) is 0 Å². The largest absolute Gasteiger partial charge is 0.395 e. The fraction of sp³-hybridized carbons (Fsp3) is 0.143. The molecule has 0 spiro atoms. The molecule has 0 saturated heterocycles. The standard InChI is InChI=1S/C14H13ClOS/c15-12-6-8-13(9-7-12)17-14(10-16)11-4-2-1-3-5-11/h1-9,14,16H,10H2. The third kappa shape index (κ3) is 3.50. The van der Waals surface area contributed by atoms with Gasteiger partial charge in [0, 0.05) is 9.92 Å². The number of rotatable bonds is 4. The van der Waals surface area contributed by atoms with Crippen molar-refractivity contribution in [1.29, 1.82) is 0 Å². The molecule has 0 aromatic heterocycles. The highest BCUT2D eigenvalue weighted by Gasteiger charge is 2.11. The van der Waals surface area contributed by atoms with Gasteiger partial charge < -0.3 is 5.11 Å². The Balaban J connectivity index is 2.13. The summed E-state index contributed by atoms with van der Waals surface area (Å²) in [6.45, 7) is 0.122. The molecule has 2 aromatic carbocycles. The first kappa shape index (κ1) is 12.5. The van der Waals surface area contributed by atoms with E-state index in [-0.39, 0.29) is 11.9 Å². The molecule has 0 aliphatic rings. The summed E-state index contributed by atoms with van der Waals surface area (Å²) in [5.41, 5.74) is 1.13. The summed E-state index contributed by atoms with van der Waals surface area (Å²) in [4.78, 5) is 1.11. The summed E-state index contributed by atoms with van der Waals surface area (Å²) >= 11 is 7.48. The second-order valence-corrected chi connectivity index (χ2v) is 5.37. The maximum Gasteiger partial charge on any atom is 0.0594 e. The highest BCUT2D eigenvalue weighted by molar-refractivity contribution is 7.99. The van der Waals surface area contributed by atoms with Crippen molar-refractivity contribution in [3.8, 4) is 0 Å². The molecule has 0 aliphatic heterocycles. The fourth-order valence-corrected chi connectivity index (χ4v) is 2.67. The molecular weight excluding hydrogens is 252 g/mol. The monoisotopic (exact) mass is 264 g/mol. The van der Waals surface area contributed by atoms with Crippen molar-refractivity contribution in [3.63, 3.8) is 0 Å². The molecule has 2 rings (SSSR count). The van der Waals surface area contributed by atoms with Gasteiger partial charge in [-0.2, -0.15) is 0 Å². The van der Waals surface area contributed by atoms with Gasteiger partial charge >= 0.3 is 0 Å². The minimum absolute atomic E-state index is 0.0670. The Kier molecular flexibility index (Phi) is 4.49. The molecule has 0 aliphatic carbocycles. The molecule has 0 bridgehead atoms. The van der Waals surface area contributed by atoms with Crippen LogP contribution in [-0.4, -0.2) is 11.7 Å². The zero-order chi connectivity index (χ0) is 12.1. The summed E-state index contributed by atoms with van der Waals surface area (Å²) in [6.07, 6.45) is 0. The minimum Gasteiger partial charge on any atom is -0.395 e. The van der Waals surface area contributed by atoms with Gasteiger partial charge in [0.1, 0.15) is 0 Å². The van der Waals surface area contributed by atoms with Crippen LogP contribution >= 0.6 is 23.4 Å². The maximum atomic E-state index is 9.45. The average Bonchev–Trinajstić information content (AvgIpc) is 2.39. The Bertz CT molecular complexity index is 455. The van der Waals surface area contributed by atoms with Crippen LogP contribution in [0.1, 0.15) is 10.8 Å². The van der Waals surface area contributed by atoms with E-state index in [9.17, 15) is 5.11 Å². The normalized spacial score (nSPS) is 12.4. The van der Waals surface area contributed by atoms with Crippen LogP contribution in [0.2, 0.25) is 5.02 Å². The second-order valence-electron chi connectivity index (χ2n) is 3.65. The van der Waals surface area contributed by atoms with E-state index in [0.29, 0.717) is 0 Å².